The molecule has 5 aliphatic rings. The normalized spacial score (nSPS) is 28.9. The second-order valence-corrected chi connectivity index (χ2v) is 16.4. The number of fused-ring (bicyclic) bond motifs is 1. The van der Waals surface area contributed by atoms with Crippen molar-refractivity contribution < 1.29 is 32.1 Å². The van der Waals surface area contributed by atoms with Crippen LogP contribution in [-0.2, 0) is 32.4 Å². The Kier molecular flexibility index (Phi) is 9.65. The van der Waals surface area contributed by atoms with E-state index in [1.54, 1.807) is 6.92 Å². The predicted octanol–water partition coefficient (Wildman–Crippen LogP) is 6.26. The lowest BCUT2D eigenvalue weighted by Crippen LogP contribution is -2.65. The maximum absolute atomic E-state index is 14.3. The first-order valence-corrected chi connectivity index (χ1v) is 18.7. The number of rotatable bonds is 10. The third kappa shape index (κ3) is 6.67. The number of hydrogen-bond acceptors (Lipinski definition) is 7. The highest BCUT2D eigenvalue weighted by Crippen LogP contribution is 2.65. The molecule has 3 aliphatic carbocycles. The summed E-state index contributed by atoms with van der Waals surface area (Å²) in [5.41, 5.74) is -1.80. The van der Waals surface area contributed by atoms with Gasteiger partial charge in [-0.15, -0.1) is 0 Å². The van der Waals surface area contributed by atoms with Crippen molar-refractivity contribution in [1.29, 1.82) is 0 Å². The van der Waals surface area contributed by atoms with Gasteiger partial charge in [-0.05, 0) is 80.5 Å². The Balaban J connectivity index is 1.14. The van der Waals surface area contributed by atoms with Crippen LogP contribution in [0, 0.1) is 17.3 Å². The number of amides is 3. The molecule has 1 saturated heterocycles. The van der Waals surface area contributed by atoms with Gasteiger partial charge in [-0.3, -0.25) is 14.2 Å². The SMILES string of the molecule is CC[C@H](NC(=O)[C@@H]1C[C@@](C)(NC(=O)N[C@H](C)c2ccccc2)c2ncc(NCc3cccc(C(F)(F)F)c3)c(=O)n21)B1O[C@@H]2C[C@@H]3C[C@@H](C3(C)C)[C@]2(C)O1. The number of benzene rings is 2. The summed E-state index contributed by atoms with van der Waals surface area (Å²) in [5.74, 6) is 0.0673. The summed E-state index contributed by atoms with van der Waals surface area (Å²) in [6, 6.07) is 12.3. The second kappa shape index (κ2) is 13.7. The van der Waals surface area contributed by atoms with E-state index in [1.165, 1.54) is 22.9 Å². The molecule has 3 heterocycles. The summed E-state index contributed by atoms with van der Waals surface area (Å²) in [6.45, 7) is 12.1. The van der Waals surface area contributed by atoms with E-state index in [0.717, 1.165) is 30.5 Å². The molecule has 4 fully saturated rings. The summed E-state index contributed by atoms with van der Waals surface area (Å²) >= 11 is 0. The van der Waals surface area contributed by atoms with Crippen LogP contribution >= 0.6 is 0 Å². The first-order valence-electron chi connectivity index (χ1n) is 18.7. The molecular weight excluding hydrogens is 700 g/mol. The molecule has 3 saturated carbocycles. The van der Waals surface area contributed by atoms with Gasteiger partial charge in [0, 0.05) is 13.0 Å². The fraction of sp³-hybridized carbons (Fsp3) is 0.538. The standard InChI is InChI=1S/C39H48BF3N6O5/c1-7-31(40-53-30-18-26-17-29(36(26,3)4)38(30,6)54-40)47-32(50)28-19-37(5,48-35(52)46-22(2)24-13-9-8-10-14-24)34-45-21-27(33(51)49(28)34)44-20-23-12-11-15-25(16-23)39(41,42)43/h8-16,21-22,26,28-31,44H,7,17-20H2,1-6H3,(H,47,50)(H2,46,48,52)/t22-,26+,28+,29+,30-,31+,37-,38+/m1/s1. The average Bonchev–Trinajstić information content (AvgIpc) is 3.64. The number of halogens is 3. The molecule has 2 aliphatic heterocycles. The van der Waals surface area contributed by atoms with Gasteiger partial charge in [0.1, 0.15) is 17.6 Å². The number of anilines is 1. The van der Waals surface area contributed by atoms with E-state index >= 15 is 0 Å². The molecular formula is C39H48BF3N6O5. The van der Waals surface area contributed by atoms with Crippen LogP contribution < -0.4 is 26.8 Å². The van der Waals surface area contributed by atoms with Crippen molar-refractivity contribution in [1.82, 2.24) is 25.5 Å². The molecule has 2 aromatic carbocycles. The predicted molar refractivity (Wildman–Crippen MR) is 197 cm³/mol. The molecule has 0 radical (unpaired) electrons. The third-order valence-electron chi connectivity index (χ3n) is 12.5. The van der Waals surface area contributed by atoms with Crippen LogP contribution in [0.3, 0.4) is 0 Å². The average molecular weight is 749 g/mol. The minimum atomic E-state index is -4.52. The smallest absolute Gasteiger partial charge is 0.404 e. The maximum atomic E-state index is 14.3. The number of carbonyl (C=O) groups excluding carboxylic acids is 2. The zero-order valence-electron chi connectivity index (χ0n) is 31.4. The molecule has 15 heteroatoms. The van der Waals surface area contributed by atoms with E-state index in [-0.39, 0.29) is 42.0 Å². The molecule has 0 spiro atoms. The van der Waals surface area contributed by atoms with E-state index in [9.17, 15) is 27.6 Å². The number of carbonyl (C=O) groups is 2. The van der Waals surface area contributed by atoms with Crippen molar-refractivity contribution in [2.45, 2.75) is 115 Å². The van der Waals surface area contributed by atoms with E-state index in [0.29, 0.717) is 23.8 Å². The third-order valence-corrected chi connectivity index (χ3v) is 12.5. The highest BCUT2D eigenvalue weighted by atomic mass is 19.4. The van der Waals surface area contributed by atoms with E-state index < -0.39 is 59.5 Å². The van der Waals surface area contributed by atoms with Crippen LogP contribution in [0.1, 0.15) is 102 Å². The van der Waals surface area contributed by atoms with Crippen molar-refractivity contribution in [3.8, 4) is 0 Å². The van der Waals surface area contributed by atoms with E-state index in [1.807, 2.05) is 44.2 Å². The number of alkyl halides is 3. The Morgan fingerprint density at radius 1 is 1.06 bits per heavy atom. The Morgan fingerprint density at radius 2 is 1.80 bits per heavy atom. The highest BCUT2D eigenvalue weighted by molar-refractivity contribution is 6.47. The Hall–Kier alpha value is -4.37. The van der Waals surface area contributed by atoms with Crippen LogP contribution in [0.25, 0.3) is 0 Å². The fourth-order valence-electron chi connectivity index (χ4n) is 9.25. The van der Waals surface area contributed by atoms with Gasteiger partial charge in [0.15, 0.2) is 0 Å². The first kappa shape index (κ1) is 37.9. The molecule has 2 bridgehead atoms. The van der Waals surface area contributed by atoms with Crippen molar-refractivity contribution >= 4 is 24.7 Å². The van der Waals surface area contributed by atoms with Crippen LogP contribution in [-0.4, -0.2) is 46.3 Å². The molecule has 3 amide bonds. The minimum absolute atomic E-state index is 0.00605. The second-order valence-electron chi connectivity index (χ2n) is 16.4. The first-order chi connectivity index (χ1) is 25.4. The topological polar surface area (TPSA) is 136 Å². The van der Waals surface area contributed by atoms with Crippen molar-refractivity contribution in [2.75, 3.05) is 5.32 Å². The largest absolute Gasteiger partial charge is 0.481 e. The number of nitrogens with one attached hydrogen (secondary N) is 4. The molecule has 8 rings (SSSR count). The van der Waals surface area contributed by atoms with Gasteiger partial charge in [-0.2, -0.15) is 13.2 Å². The van der Waals surface area contributed by atoms with Crippen LogP contribution in [0.15, 0.2) is 65.6 Å². The van der Waals surface area contributed by atoms with Crippen molar-refractivity contribution in [3.63, 3.8) is 0 Å². The number of urea groups is 1. The molecule has 54 heavy (non-hydrogen) atoms. The summed E-state index contributed by atoms with van der Waals surface area (Å²) in [6.07, 6.45) is -0.838. The zero-order chi connectivity index (χ0) is 38.8. The van der Waals surface area contributed by atoms with Gasteiger partial charge in [-0.1, -0.05) is 63.2 Å². The van der Waals surface area contributed by atoms with Crippen molar-refractivity contribution in [3.05, 3.63) is 93.7 Å². The Labute approximate surface area is 313 Å². The fourth-order valence-corrected chi connectivity index (χ4v) is 9.25. The van der Waals surface area contributed by atoms with Gasteiger partial charge in [0.05, 0.1) is 41.0 Å². The van der Waals surface area contributed by atoms with Crippen LogP contribution in [0.4, 0.5) is 23.7 Å². The van der Waals surface area contributed by atoms with Gasteiger partial charge in [0.25, 0.3) is 5.56 Å². The monoisotopic (exact) mass is 748 g/mol. The van der Waals surface area contributed by atoms with Gasteiger partial charge in [0.2, 0.25) is 5.91 Å². The quantitative estimate of drug-likeness (QED) is 0.180. The Bertz CT molecular complexity index is 1980. The Morgan fingerprint density at radius 3 is 2.48 bits per heavy atom. The molecule has 4 N–H and O–H groups in total. The summed E-state index contributed by atoms with van der Waals surface area (Å²) in [5, 5.41) is 11.9. The van der Waals surface area contributed by atoms with Crippen LogP contribution in [0.5, 0.6) is 0 Å². The van der Waals surface area contributed by atoms with Crippen molar-refractivity contribution in [2.24, 2.45) is 17.3 Å². The molecule has 1 aromatic heterocycles. The van der Waals surface area contributed by atoms with E-state index in [4.69, 9.17) is 9.31 Å². The molecule has 11 nitrogen and oxygen atoms in total. The van der Waals surface area contributed by atoms with Gasteiger partial charge in [-0.25, -0.2) is 9.78 Å². The lowest BCUT2D eigenvalue weighted by molar-refractivity contribution is -0.199. The van der Waals surface area contributed by atoms with Gasteiger partial charge >= 0.3 is 19.3 Å². The zero-order valence-corrected chi connectivity index (χ0v) is 31.4. The van der Waals surface area contributed by atoms with Crippen LogP contribution in [0.2, 0.25) is 0 Å². The summed E-state index contributed by atoms with van der Waals surface area (Å²) in [4.78, 5) is 46.6. The molecule has 3 aromatic rings. The van der Waals surface area contributed by atoms with E-state index in [2.05, 4.69) is 47.0 Å². The number of hydrogen-bond donors (Lipinski definition) is 4. The van der Waals surface area contributed by atoms with Gasteiger partial charge < -0.3 is 30.6 Å². The molecule has 0 unspecified atom stereocenters. The summed E-state index contributed by atoms with van der Waals surface area (Å²) < 4.78 is 54.6. The minimum Gasteiger partial charge on any atom is -0.404 e. The molecule has 8 atom stereocenters. The maximum Gasteiger partial charge on any atom is 0.481 e. The number of nitrogens with zero attached hydrogens (tertiary/aromatic N) is 2. The highest BCUT2D eigenvalue weighted by Gasteiger charge is 2.68. The molecule has 288 valence electrons. The lowest BCUT2D eigenvalue weighted by atomic mass is 9.43. The lowest BCUT2D eigenvalue weighted by Gasteiger charge is -2.64. The summed E-state index contributed by atoms with van der Waals surface area (Å²) in [7, 11) is -0.685. The number of aromatic nitrogens is 2.